The number of amides is 1. The summed E-state index contributed by atoms with van der Waals surface area (Å²) in [7, 11) is 0. The van der Waals surface area contributed by atoms with E-state index in [0.29, 0.717) is 31.1 Å². The largest absolute Gasteiger partial charge is 0.339 e. The van der Waals surface area contributed by atoms with Crippen molar-refractivity contribution in [2.45, 2.75) is 63.0 Å². The fraction of sp³-hybridized carbons (Fsp3) is 0.812. The van der Waals surface area contributed by atoms with Gasteiger partial charge in [0.1, 0.15) is 0 Å². The molecule has 22 heavy (non-hydrogen) atoms. The minimum Gasteiger partial charge on any atom is -0.339 e. The Hall–Kier alpha value is -1.46. The minimum absolute atomic E-state index is 0.0641. The summed E-state index contributed by atoms with van der Waals surface area (Å²) >= 11 is 0. The molecule has 1 aromatic rings. The molecule has 2 aliphatic carbocycles. The maximum atomic E-state index is 15.3. The minimum atomic E-state index is -1.67. The number of likely N-dealkylation sites (tertiary alicyclic amines) is 1. The van der Waals surface area contributed by atoms with Crippen LogP contribution in [0.3, 0.4) is 0 Å². The van der Waals surface area contributed by atoms with Crippen LogP contribution in [0.25, 0.3) is 0 Å². The van der Waals surface area contributed by atoms with Crippen molar-refractivity contribution in [3.63, 3.8) is 0 Å². The third-order valence-electron chi connectivity index (χ3n) is 5.23. The van der Waals surface area contributed by atoms with Crippen LogP contribution in [0.5, 0.6) is 0 Å². The zero-order chi connectivity index (χ0) is 15.2. The first-order valence-corrected chi connectivity index (χ1v) is 8.47. The molecule has 1 unspecified atom stereocenters. The second-order valence-corrected chi connectivity index (χ2v) is 7.04. The highest BCUT2D eigenvalue weighted by atomic mass is 19.1. The quantitative estimate of drug-likeness (QED) is 0.861. The van der Waals surface area contributed by atoms with Crippen molar-refractivity contribution in [3.8, 4) is 0 Å². The molecule has 120 valence electrons. The van der Waals surface area contributed by atoms with E-state index in [1.54, 1.807) is 4.90 Å². The van der Waals surface area contributed by atoms with Crippen LogP contribution < -0.4 is 0 Å². The van der Waals surface area contributed by atoms with Crippen LogP contribution in [0, 0.1) is 5.92 Å². The zero-order valence-corrected chi connectivity index (χ0v) is 12.8. The lowest BCUT2D eigenvalue weighted by atomic mass is 9.93. The number of carbonyl (C=O) groups excluding carboxylic acids is 1. The van der Waals surface area contributed by atoms with Crippen molar-refractivity contribution < 1.29 is 13.7 Å². The number of halogens is 1. The van der Waals surface area contributed by atoms with Crippen LogP contribution in [-0.2, 0) is 10.5 Å². The number of carbonyl (C=O) groups is 1. The predicted molar refractivity (Wildman–Crippen MR) is 76.8 cm³/mol. The molecule has 0 radical (unpaired) electrons. The summed E-state index contributed by atoms with van der Waals surface area (Å²) in [5.41, 5.74) is -1.67. The van der Waals surface area contributed by atoms with Crippen LogP contribution in [0.1, 0.15) is 69.0 Å². The van der Waals surface area contributed by atoms with Gasteiger partial charge in [-0.25, -0.2) is 4.39 Å². The number of rotatable bonds is 3. The molecule has 2 saturated carbocycles. The van der Waals surface area contributed by atoms with Gasteiger partial charge < -0.3 is 9.42 Å². The van der Waals surface area contributed by atoms with Gasteiger partial charge in [-0.3, -0.25) is 4.79 Å². The summed E-state index contributed by atoms with van der Waals surface area (Å²) in [6.45, 7) is 0.708. The summed E-state index contributed by atoms with van der Waals surface area (Å²) in [6.07, 6.45) is 7.24. The van der Waals surface area contributed by atoms with Crippen LogP contribution in [0.4, 0.5) is 4.39 Å². The maximum Gasteiger partial charge on any atom is 0.266 e. The predicted octanol–water partition coefficient (Wildman–Crippen LogP) is 2.92. The van der Waals surface area contributed by atoms with Gasteiger partial charge in [0, 0.05) is 18.4 Å². The number of hydrogen-bond donors (Lipinski definition) is 0. The van der Waals surface area contributed by atoms with Gasteiger partial charge in [-0.1, -0.05) is 18.0 Å². The van der Waals surface area contributed by atoms with Gasteiger partial charge in [0.05, 0.1) is 6.54 Å². The average molecular weight is 307 g/mol. The Balaban J connectivity index is 1.49. The molecule has 1 aliphatic heterocycles. The van der Waals surface area contributed by atoms with Crippen LogP contribution in [0.2, 0.25) is 0 Å². The van der Waals surface area contributed by atoms with Crippen molar-refractivity contribution in [2.24, 2.45) is 5.92 Å². The lowest BCUT2D eigenvalue weighted by Crippen LogP contribution is -2.48. The lowest BCUT2D eigenvalue weighted by molar-refractivity contribution is -0.140. The molecule has 1 atom stereocenters. The topological polar surface area (TPSA) is 59.2 Å². The summed E-state index contributed by atoms with van der Waals surface area (Å²) < 4.78 is 20.5. The van der Waals surface area contributed by atoms with Gasteiger partial charge in [-0.2, -0.15) is 4.98 Å². The van der Waals surface area contributed by atoms with Gasteiger partial charge in [-0.15, -0.1) is 0 Å². The normalized spacial score (nSPS) is 30.0. The smallest absolute Gasteiger partial charge is 0.266 e. The van der Waals surface area contributed by atoms with Crippen molar-refractivity contribution >= 4 is 5.91 Å². The van der Waals surface area contributed by atoms with E-state index in [-0.39, 0.29) is 24.3 Å². The molecule has 0 spiro atoms. The first-order chi connectivity index (χ1) is 10.7. The molecule has 4 rings (SSSR count). The molecule has 5 nitrogen and oxygen atoms in total. The standard InChI is InChI=1S/C16H22FN3O2/c17-16(15-18-13(19-22-15)11-6-7-11)8-3-9-20(10-16)14(21)12-4-1-2-5-12/h11-12H,1-10H2. The maximum absolute atomic E-state index is 15.3. The lowest BCUT2D eigenvalue weighted by Gasteiger charge is -2.36. The van der Waals surface area contributed by atoms with Crippen molar-refractivity contribution in [1.29, 1.82) is 0 Å². The van der Waals surface area contributed by atoms with Crippen LogP contribution in [-0.4, -0.2) is 34.0 Å². The third kappa shape index (κ3) is 2.52. The molecule has 6 heteroatoms. The van der Waals surface area contributed by atoms with E-state index in [1.165, 1.54) is 0 Å². The number of nitrogens with zero attached hydrogens (tertiary/aromatic N) is 3. The Labute approximate surface area is 129 Å². The molecule has 2 heterocycles. The summed E-state index contributed by atoms with van der Waals surface area (Å²) in [5, 5.41) is 3.92. The van der Waals surface area contributed by atoms with Crippen LogP contribution in [0.15, 0.2) is 4.52 Å². The van der Waals surface area contributed by atoms with Gasteiger partial charge in [0.25, 0.3) is 5.89 Å². The highest BCUT2D eigenvalue weighted by Gasteiger charge is 2.45. The molecule has 0 aromatic carbocycles. The Kier molecular flexibility index (Phi) is 3.42. The van der Waals surface area contributed by atoms with Gasteiger partial charge in [0.2, 0.25) is 11.6 Å². The molecular formula is C16H22FN3O2. The first kappa shape index (κ1) is 14.2. The average Bonchev–Trinajstić information content (AvgIpc) is 3.05. The van der Waals surface area contributed by atoms with Gasteiger partial charge >= 0.3 is 0 Å². The van der Waals surface area contributed by atoms with Gasteiger partial charge in [0.15, 0.2) is 5.82 Å². The Morgan fingerprint density at radius 2 is 2.00 bits per heavy atom. The molecular weight excluding hydrogens is 285 g/mol. The second-order valence-electron chi connectivity index (χ2n) is 7.04. The number of alkyl halides is 1. The molecule has 3 aliphatic rings. The monoisotopic (exact) mass is 307 g/mol. The van der Waals surface area contributed by atoms with E-state index in [0.717, 1.165) is 38.5 Å². The van der Waals surface area contributed by atoms with E-state index in [9.17, 15) is 4.79 Å². The van der Waals surface area contributed by atoms with Crippen molar-refractivity contribution in [1.82, 2.24) is 15.0 Å². The fourth-order valence-corrected chi connectivity index (χ4v) is 3.73. The van der Waals surface area contributed by atoms with Crippen molar-refractivity contribution in [2.75, 3.05) is 13.1 Å². The van der Waals surface area contributed by atoms with E-state index in [4.69, 9.17) is 4.52 Å². The Morgan fingerprint density at radius 3 is 2.73 bits per heavy atom. The zero-order valence-electron chi connectivity index (χ0n) is 12.8. The Morgan fingerprint density at radius 1 is 1.23 bits per heavy atom. The van der Waals surface area contributed by atoms with E-state index in [2.05, 4.69) is 10.1 Å². The molecule has 3 fully saturated rings. The fourth-order valence-electron chi connectivity index (χ4n) is 3.73. The Bertz CT molecular complexity index is 565. The van der Waals surface area contributed by atoms with E-state index >= 15 is 4.39 Å². The molecule has 1 saturated heterocycles. The summed E-state index contributed by atoms with van der Waals surface area (Å²) in [6, 6.07) is 0. The molecule has 1 aromatic heterocycles. The molecule has 0 N–H and O–H groups in total. The number of hydrogen-bond acceptors (Lipinski definition) is 4. The molecule has 0 bridgehead atoms. The van der Waals surface area contributed by atoms with Gasteiger partial charge in [-0.05, 0) is 38.5 Å². The second kappa shape index (κ2) is 5.32. The highest BCUT2D eigenvalue weighted by molar-refractivity contribution is 5.79. The summed E-state index contributed by atoms with van der Waals surface area (Å²) in [5.74, 6) is 1.25. The first-order valence-electron chi connectivity index (χ1n) is 8.47. The third-order valence-corrected chi connectivity index (χ3v) is 5.23. The van der Waals surface area contributed by atoms with Crippen LogP contribution >= 0.6 is 0 Å². The number of piperidine rings is 1. The number of aromatic nitrogens is 2. The van der Waals surface area contributed by atoms with E-state index in [1.807, 2.05) is 0 Å². The van der Waals surface area contributed by atoms with Crippen molar-refractivity contribution in [3.05, 3.63) is 11.7 Å². The van der Waals surface area contributed by atoms with E-state index < -0.39 is 5.67 Å². The highest BCUT2D eigenvalue weighted by Crippen LogP contribution is 2.41. The SMILES string of the molecule is O=C(C1CCCC1)N1CCCC(F)(c2nc(C3CC3)no2)C1. The summed E-state index contributed by atoms with van der Waals surface area (Å²) in [4.78, 5) is 18.5. The molecule has 1 amide bonds.